The molecule has 0 aliphatic carbocycles. The zero-order valence-electron chi connectivity index (χ0n) is 14.1. The maximum atomic E-state index is 5.81. The van der Waals surface area contributed by atoms with Crippen molar-refractivity contribution in [2.45, 2.75) is 31.7 Å². The number of rotatable bonds is 5. The van der Waals surface area contributed by atoms with Crippen molar-refractivity contribution in [1.29, 1.82) is 0 Å². The second-order valence-electron chi connectivity index (χ2n) is 6.13. The first kappa shape index (κ1) is 16.2. The molecule has 1 heterocycles. The topological polar surface area (TPSA) is 30.9 Å². The summed E-state index contributed by atoms with van der Waals surface area (Å²) in [7, 11) is 0. The molecule has 0 unspecified atom stereocenters. The van der Waals surface area contributed by atoms with Gasteiger partial charge in [-0.25, -0.2) is 0 Å². The molecule has 0 fully saturated rings. The minimum absolute atomic E-state index is 0.687. The zero-order chi connectivity index (χ0) is 16.4. The third-order valence-corrected chi connectivity index (χ3v) is 5.16. The number of hydrogen-bond acceptors (Lipinski definition) is 2. The van der Waals surface area contributed by atoms with Crippen LogP contribution in [0, 0.1) is 13.8 Å². The molecule has 2 nitrogen and oxygen atoms in total. The lowest BCUT2D eigenvalue weighted by Crippen LogP contribution is -2.03. The lowest BCUT2D eigenvalue weighted by molar-refractivity contribution is 0.820. The van der Waals surface area contributed by atoms with Crippen molar-refractivity contribution < 1.29 is 0 Å². The van der Waals surface area contributed by atoms with E-state index < -0.39 is 0 Å². The Kier molecular flexibility index (Phi) is 4.79. The van der Waals surface area contributed by atoms with E-state index in [2.05, 4.69) is 67.3 Å². The summed E-state index contributed by atoms with van der Waals surface area (Å²) >= 11 is 1.79. The van der Waals surface area contributed by atoms with E-state index in [1.54, 1.807) is 11.8 Å². The van der Waals surface area contributed by atoms with E-state index in [1.807, 2.05) is 0 Å². The fourth-order valence-electron chi connectivity index (χ4n) is 3.12. The van der Waals surface area contributed by atoms with Gasteiger partial charge in [0.1, 0.15) is 0 Å². The Labute approximate surface area is 142 Å². The molecule has 1 aromatic heterocycles. The number of fused-ring (bicyclic) bond motifs is 1. The monoisotopic (exact) mass is 324 g/mol. The van der Waals surface area contributed by atoms with Gasteiger partial charge in [-0.2, -0.15) is 0 Å². The SMILES string of the molecule is CSc1ccc2c(c1)c(CCN)cn2Cc1cc(C)ccc1C. The normalized spacial score (nSPS) is 11.3. The van der Waals surface area contributed by atoms with Gasteiger partial charge >= 0.3 is 0 Å². The van der Waals surface area contributed by atoms with Crippen molar-refractivity contribution in [2.24, 2.45) is 5.73 Å². The van der Waals surface area contributed by atoms with Gasteiger partial charge in [0.2, 0.25) is 0 Å². The largest absolute Gasteiger partial charge is 0.343 e. The Balaban J connectivity index is 2.08. The van der Waals surface area contributed by atoms with Gasteiger partial charge in [-0.1, -0.05) is 23.8 Å². The second kappa shape index (κ2) is 6.81. The molecule has 0 radical (unpaired) electrons. The highest BCUT2D eigenvalue weighted by Gasteiger charge is 2.10. The highest BCUT2D eigenvalue weighted by atomic mass is 32.2. The van der Waals surface area contributed by atoms with Crippen molar-refractivity contribution in [3.8, 4) is 0 Å². The Morgan fingerprint density at radius 3 is 2.61 bits per heavy atom. The van der Waals surface area contributed by atoms with Crippen LogP contribution in [0.2, 0.25) is 0 Å². The molecule has 0 spiro atoms. The quantitative estimate of drug-likeness (QED) is 0.699. The summed E-state index contributed by atoms with van der Waals surface area (Å²) in [5.74, 6) is 0. The van der Waals surface area contributed by atoms with Crippen LogP contribution in [0.5, 0.6) is 0 Å². The first-order valence-corrected chi connectivity index (χ1v) is 9.27. The van der Waals surface area contributed by atoms with E-state index in [-0.39, 0.29) is 0 Å². The molecule has 0 aliphatic heterocycles. The lowest BCUT2D eigenvalue weighted by Gasteiger charge is -2.10. The highest BCUT2D eigenvalue weighted by molar-refractivity contribution is 7.98. The molecule has 2 aromatic carbocycles. The Bertz CT molecular complexity index is 833. The molecule has 23 heavy (non-hydrogen) atoms. The fourth-order valence-corrected chi connectivity index (χ4v) is 3.56. The molecule has 3 rings (SSSR count). The Morgan fingerprint density at radius 2 is 1.87 bits per heavy atom. The zero-order valence-corrected chi connectivity index (χ0v) is 14.9. The van der Waals surface area contributed by atoms with Gasteiger partial charge in [0.25, 0.3) is 0 Å². The van der Waals surface area contributed by atoms with Gasteiger partial charge in [-0.15, -0.1) is 11.8 Å². The molecule has 120 valence electrons. The van der Waals surface area contributed by atoms with Crippen LogP contribution in [0.1, 0.15) is 22.3 Å². The summed E-state index contributed by atoms with van der Waals surface area (Å²) in [6, 6.07) is 13.4. The predicted octanol–water partition coefficient (Wildman–Crippen LogP) is 4.53. The minimum atomic E-state index is 0.687. The first-order chi connectivity index (χ1) is 11.1. The Morgan fingerprint density at radius 1 is 1.04 bits per heavy atom. The third kappa shape index (κ3) is 3.31. The number of thioether (sulfide) groups is 1. The van der Waals surface area contributed by atoms with Gasteiger partial charge in [0.15, 0.2) is 0 Å². The number of aryl methyl sites for hydroxylation is 2. The van der Waals surface area contributed by atoms with Crippen LogP contribution >= 0.6 is 11.8 Å². The van der Waals surface area contributed by atoms with E-state index in [0.29, 0.717) is 6.54 Å². The predicted molar refractivity (Wildman–Crippen MR) is 101 cm³/mol. The number of nitrogens with zero attached hydrogens (tertiary/aromatic N) is 1. The van der Waals surface area contributed by atoms with E-state index in [0.717, 1.165) is 13.0 Å². The van der Waals surface area contributed by atoms with Crippen molar-refractivity contribution >= 4 is 22.7 Å². The van der Waals surface area contributed by atoms with Crippen LogP contribution < -0.4 is 5.73 Å². The second-order valence-corrected chi connectivity index (χ2v) is 7.01. The van der Waals surface area contributed by atoms with E-state index >= 15 is 0 Å². The summed E-state index contributed by atoms with van der Waals surface area (Å²) in [5.41, 5.74) is 12.5. The molecule has 3 heteroatoms. The van der Waals surface area contributed by atoms with E-state index in [4.69, 9.17) is 5.73 Å². The summed E-state index contributed by atoms with van der Waals surface area (Å²) in [4.78, 5) is 1.31. The van der Waals surface area contributed by atoms with Gasteiger partial charge < -0.3 is 10.3 Å². The van der Waals surface area contributed by atoms with Crippen LogP contribution in [0.15, 0.2) is 47.5 Å². The van der Waals surface area contributed by atoms with Crippen molar-refractivity contribution in [3.05, 3.63) is 64.8 Å². The highest BCUT2D eigenvalue weighted by Crippen LogP contribution is 2.28. The number of benzene rings is 2. The average molecular weight is 324 g/mol. The van der Waals surface area contributed by atoms with E-state index in [9.17, 15) is 0 Å². The first-order valence-electron chi connectivity index (χ1n) is 8.04. The smallest absolute Gasteiger partial charge is 0.0487 e. The van der Waals surface area contributed by atoms with Crippen LogP contribution in [0.4, 0.5) is 0 Å². The van der Waals surface area contributed by atoms with Crippen LogP contribution in [0.25, 0.3) is 10.9 Å². The van der Waals surface area contributed by atoms with Crippen molar-refractivity contribution in [3.63, 3.8) is 0 Å². The average Bonchev–Trinajstić information content (AvgIpc) is 2.88. The van der Waals surface area contributed by atoms with Crippen LogP contribution in [0.3, 0.4) is 0 Å². The summed E-state index contributed by atoms with van der Waals surface area (Å²) in [6.07, 6.45) is 5.33. The van der Waals surface area contributed by atoms with Gasteiger partial charge in [-0.05, 0) is 68.0 Å². The lowest BCUT2D eigenvalue weighted by atomic mass is 10.1. The fraction of sp³-hybridized carbons (Fsp3) is 0.300. The van der Waals surface area contributed by atoms with Gasteiger partial charge in [0, 0.05) is 28.5 Å². The van der Waals surface area contributed by atoms with Crippen LogP contribution in [-0.4, -0.2) is 17.4 Å². The molecule has 0 amide bonds. The molecule has 0 saturated heterocycles. The maximum absolute atomic E-state index is 5.81. The number of hydrogen-bond donors (Lipinski definition) is 1. The number of nitrogens with two attached hydrogens (primary N) is 1. The van der Waals surface area contributed by atoms with Crippen molar-refractivity contribution in [1.82, 2.24) is 4.57 Å². The third-order valence-electron chi connectivity index (χ3n) is 4.43. The Hall–Kier alpha value is -1.71. The molecular formula is C20H24N2S. The summed E-state index contributed by atoms with van der Waals surface area (Å²) < 4.78 is 2.37. The van der Waals surface area contributed by atoms with Gasteiger partial charge in [-0.3, -0.25) is 0 Å². The summed E-state index contributed by atoms with van der Waals surface area (Å²) in [5, 5.41) is 1.34. The molecule has 0 aliphatic rings. The maximum Gasteiger partial charge on any atom is 0.0487 e. The summed E-state index contributed by atoms with van der Waals surface area (Å²) in [6.45, 7) is 5.94. The standard InChI is InChI=1S/C20H24N2S/c1-14-4-5-15(2)17(10-14)13-22-12-16(8-9-21)19-11-18(23-3)6-7-20(19)22/h4-7,10-12H,8-9,13,21H2,1-3H3. The van der Waals surface area contributed by atoms with E-state index in [1.165, 1.54) is 38.1 Å². The van der Waals surface area contributed by atoms with Crippen molar-refractivity contribution in [2.75, 3.05) is 12.8 Å². The molecule has 3 aromatic rings. The number of aromatic nitrogens is 1. The molecule has 0 saturated carbocycles. The minimum Gasteiger partial charge on any atom is -0.343 e. The molecular weight excluding hydrogens is 300 g/mol. The van der Waals surface area contributed by atoms with Gasteiger partial charge in [0.05, 0.1) is 0 Å². The van der Waals surface area contributed by atoms with Crippen LogP contribution in [-0.2, 0) is 13.0 Å². The molecule has 0 atom stereocenters. The molecule has 2 N–H and O–H groups in total. The molecule has 0 bridgehead atoms.